The van der Waals surface area contributed by atoms with Gasteiger partial charge in [-0.05, 0) is 26.0 Å². The third-order valence-electron chi connectivity index (χ3n) is 2.42. The van der Waals surface area contributed by atoms with Gasteiger partial charge in [0.05, 0.1) is 11.9 Å². The molecule has 1 rings (SSSR count). The molecule has 1 heterocycles. The number of aromatic nitrogens is 1. The summed E-state index contributed by atoms with van der Waals surface area (Å²) in [5.41, 5.74) is 6.42. The molecule has 98 valence electrons. The summed E-state index contributed by atoms with van der Waals surface area (Å²) in [5, 5.41) is 2.69. The fourth-order valence-electron chi connectivity index (χ4n) is 1.44. The maximum Gasteiger partial charge on any atom is 0.246 e. The van der Waals surface area contributed by atoms with E-state index in [2.05, 4.69) is 15.3 Å². The molecule has 6 nitrogen and oxygen atoms in total. The van der Waals surface area contributed by atoms with E-state index in [-0.39, 0.29) is 12.5 Å². The van der Waals surface area contributed by atoms with E-state index in [0.717, 1.165) is 13.1 Å². The van der Waals surface area contributed by atoms with Crippen LogP contribution in [0.2, 0.25) is 0 Å². The van der Waals surface area contributed by atoms with Crippen molar-refractivity contribution in [2.24, 2.45) is 10.7 Å². The molecular weight excluding hydrogens is 230 g/mol. The van der Waals surface area contributed by atoms with Gasteiger partial charge in [0.25, 0.3) is 0 Å². The maximum absolute atomic E-state index is 11.6. The van der Waals surface area contributed by atoms with Crippen molar-refractivity contribution in [3.8, 4) is 0 Å². The van der Waals surface area contributed by atoms with Gasteiger partial charge in [-0.2, -0.15) is 0 Å². The molecule has 0 radical (unpaired) electrons. The Bertz CT molecular complexity index is 400. The molecule has 0 aliphatic heterocycles. The minimum absolute atomic E-state index is 0.0111. The number of nitrogens with zero attached hydrogens (tertiary/aromatic N) is 3. The Morgan fingerprint density at radius 2 is 2.22 bits per heavy atom. The lowest BCUT2D eigenvalue weighted by atomic mass is 10.4. The molecule has 0 spiro atoms. The number of carbonyl (C=O) groups is 1. The Balaban J connectivity index is 2.48. The number of carbonyl (C=O) groups excluding carboxylic acids is 1. The second-order valence-corrected chi connectivity index (χ2v) is 3.64. The zero-order valence-electron chi connectivity index (χ0n) is 10.8. The minimum Gasteiger partial charge on any atom is -0.370 e. The Kier molecular flexibility index (Phi) is 5.63. The molecule has 0 saturated heterocycles. The third kappa shape index (κ3) is 4.40. The van der Waals surface area contributed by atoms with Crippen molar-refractivity contribution in [2.45, 2.75) is 13.8 Å². The molecule has 0 aliphatic rings. The van der Waals surface area contributed by atoms with E-state index in [9.17, 15) is 4.79 Å². The van der Waals surface area contributed by atoms with Gasteiger partial charge in [-0.25, -0.2) is 4.99 Å². The smallest absolute Gasteiger partial charge is 0.246 e. The molecule has 0 saturated carbocycles. The zero-order chi connectivity index (χ0) is 13.4. The molecule has 1 aromatic rings. The van der Waals surface area contributed by atoms with E-state index < -0.39 is 0 Å². The molecule has 18 heavy (non-hydrogen) atoms. The molecule has 0 unspecified atom stereocenters. The van der Waals surface area contributed by atoms with E-state index in [1.54, 1.807) is 24.5 Å². The number of pyridine rings is 1. The summed E-state index contributed by atoms with van der Waals surface area (Å²) in [7, 11) is 0. The summed E-state index contributed by atoms with van der Waals surface area (Å²) in [6, 6.07) is 3.52. The summed E-state index contributed by atoms with van der Waals surface area (Å²) in [6.07, 6.45) is 3.22. The van der Waals surface area contributed by atoms with E-state index in [0.29, 0.717) is 11.6 Å². The first kappa shape index (κ1) is 14.0. The molecule has 6 heteroatoms. The van der Waals surface area contributed by atoms with Gasteiger partial charge in [0.2, 0.25) is 5.91 Å². The number of hydrogen-bond acceptors (Lipinski definition) is 3. The van der Waals surface area contributed by atoms with Crippen molar-refractivity contribution in [1.29, 1.82) is 0 Å². The molecule has 0 aliphatic carbocycles. The number of rotatable bonds is 5. The number of nitrogens with two attached hydrogens (primary N) is 1. The average Bonchev–Trinajstić information content (AvgIpc) is 2.39. The van der Waals surface area contributed by atoms with Gasteiger partial charge < -0.3 is 16.0 Å². The van der Waals surface area contributed by atoms with Crippen molar-refractivity contribution in [3.63, 3.8) is 0 Å². The van der Waals surface area contributed by atoms with E-state index >= 15 is 0 Å². The minimum atomic E-state index is -0.210. The highest BCUT2D eigenvalue weighted by molar-refractivity contribution is 5.93. The SMILES string of the molecule is CCN(CC)C(N)=NCC(=O)Nc1cccnc1. The van der Waals surface area contributed by atoms with Crippen LogP contribution >= 0.6 is 0 Å². The van der Waals surface area contributed by atoms with Crippen molar-refractivity contribution in [2.75, 3.05) is 25.0 Å². The van der Waals surface area contributed by atoms with Crippen LogP contribution < -0.4 is 11.1 Å². The largest absolute Gasteiger partial charge is 0.370 e. The van der Waals surface area contributed by atoms with Crippen LogP contribution in [0.25, 0.3) is 0 Å². The van der Waals surface area contributed by atoms with E-state index in [1.165, 1.54) is 0 Å². The molecule has 0 aromatic carbocycles. The molecule has 0 atom stereocenters. The lowest BCUT2D eigenvalue weighted by molar-refractivity contribution is -0.114. The molecule has 1 aromatic heterocycles. The van der Waals surface area contributed by atoms with Crippen LogP contribution in [0.4, 0.5) is 5.69 Å². The molecular formula is C12H19N5O. The van der Waals surface area contributed by atoms with Crippen molar-refractivity contribution in [1.82, 2.24) is 9.88 Å². The third-order valence-corrected chi connectivity index (χ3v) is 2.42. The highest BCUT2D eigenvalue weighted by Gasteiger charge is 2.04. The maximum atomic E-state index is 11.6. The van der Waals surface area contributed by atoms with Crippen LogP contribution in [-0.2, 0) is 4.79 Å². The normalized spacial score (nSPS) is 11.1. The zero-order valence-corrected chi connectivity index (χ0v) is 10.8. The number of nitrogens with one attached hydrogen (secondary N) is 1. The topological polar surface area (TPSA) is 83.6 Å². The molecule has 3 N–H and O–H groups in total. The first-order chi connectivity index (χ1) is 8.67. The second-order valence-electron chi connectivity index (χ2n) is 3.64. The number of anilines is 1. The molecule has 0 bridgehead atoms. The quantitative estimate of drug-likeness (QED) is 0.593. The average molecular weight is 249 g/mol. The monoisotopic (exact) mass is 249 g/mol. The van der Waals surface area contributed by atoms with Gasteiger partial charge in [0, 0.05) is 19.3 Å². The Hall–Kier alpha value is -2.11. The predicted octanol–water partition coefficient (Wildman–Crippen LogP) is 0.677. The number of aliphatic imine (C=N–C) groups is 1. The van der Waals surface area contributed by atoms with Crippen LogP contribution in [0.1, 0.15) is 13.8 Å². The van der Waals surface area contributed by atoms with Crippen LogP contribution in [0.5, 0.6) is 0 Å². The van der Waals surface area contributed by atoms with Crippen LogP contribution in [0.3, 0.4) is 0 Å². The lowest BCUT2D eigenvalue weighted by Gasteiger charge is -2.19. The summed E-state index contributed by atoms with van der Waals surface area (Å²) in [6.45, 7) is 5.53. The summed E-state index contributed by atoms with van der Waals surface area (Å²) in [5.74, 6) is 0.180. The lowest BCUT2D eigenvalue weighted by Crippen LogP contribution is -2.37. The Labute approximate surface area is 107 Å². The van der Waals surface area contributed by atoms with Crippen molar-refractivity contribution < 1.29 is 4.79 Å². The van der Waals surface area contributed by atoms with Gasteiger partial charge in [-0.3, -0.25) is 9.78 Å². The number of amides is 1. The summed E-state index contributed by atoms with van der Waals surface area (Å²) < 4.78 is 0. The fraction of sp³-hybridized carbons (Fsp3) is 0.417. The van der Waals surface area contributed by atoms with Crippen LogP contribution in [-0.4, -0.2) is 41.4 Å². The van der Waals surface area contributed by atoms with Crippen molar-refractivity contribution >= 4 is 17.6 Å². The van der Waals surface area contributed by atoms with Crippen LogP contribution in [0, 0.1) is 0 Å². The van der Waals surface area contributed by atoms with E-state index in [4.69, 9.17) is 5.73 Å². The van der Waals surface area contributed by atoms with Crippen molar-refractivity contribution in [3.05, 3.63) is 24.5 Å². The van der Waals surface area contributed by atoms with Gasteiger partial charge in [0.1, 0.15) is 6.54 Å². The van der Waals surface area contributed by atoms with Gasteiger partial charge in [-0.15, -0.1) is 0 Å². The first-order valence-electron chi connectivity index (χ1n) is 5.92. The molecule has 0 fully saturated rings. The molecule has 1 amide bonds. The van der Waals surface area contributed by atoms with Gasteiger partial charge >= 0.3 is 0 Å². The summed E-state index contributed by atoms with van der Waals surface area (Å²) in [4.78, 5) is 21.4. The van der Waals surface area contributed by atoms with Crippen LogP contribution in [0.15, 0.2) is 29.5 Å². The number of hydrogen-bond donors (Lipinski definition) is 2. The highest BCUT2D eigenvalue weighted by atomic mass is 16.1. The van der Waals surface area contributed by atoms with Gasteiger partial charge in [-0.1, -0.05) is 0 Å². The Morgan fingerprint density at radius 1 is 1.50 bits per heavy atom. The first-order valence-corrected chi connectivity index (χ1v) is 5.92. The Morgan fingerprint density at radius 3 is 2.78 bits per heavy atom. The van der Waals surface area contributed by atoms with E-state index in [1.807, 2.05) is 18.7 Å². The van der Waals surface area contributed by atoms with Gasteiger partial charge in [0.15, 0.2) is 5.96 Å². The predicted molar refractivity (Wildman–Crippen MR) is 72.3 cm³/mol. The fourth-order valence-corrected chi connectivity index (χ4v) is 1.44. The number of guanidine groups is 1. The standard InChI is InChI=1S/C12H19N5O/c1-3-17(4-2)12(13)15-9-11(18)16-10-6-5-7-14-8-10/h5-8H,3-4,9H2,1-2H3,(H2,13,15)(H,16,18). The summed E-state index contributed by atoms with van der Waals surface area (Å²) >= 11 is 0. The highest BCUT2D eigenvalue weighted by Crippen LogP contribution is 2.01. The second kappa shape index (κ2) is 7.26.